The molecule has 4 nitrogen and oxygen atoms in total. The first-order valence-electron chi connectivity index (χ1n) is 9.57. The molecule has 4 fully saturated rings. The van der Waals surface area contributed by atoms with Gasteiger partial charge in [-0.25, -0.2) is 9.97 Å². The number of anilines is 1. The summed E-state index contributed by atoms with van der Waals surface area (Å²) >= 11 is 0. The van der Waals surface area contributed by atoms with Crippen LogP contribution in [-0.4, -0.2) is 15.9 Å². The minimum atomic E-state index is -0.138. The lowest BCUT2D eigenvalue weighted by atomic mass is 9.49. The largest absolute Gasteiger partial charge is 0.310 e. The fourth-order valence-electron chi connectivity index (χ4n) is 6.14. The highest BCUT2D eigenvalue weighted by atomic mass is 16.2. The van der Waals surface area contributed by atoms with Crippen LogP contribution in [0.3, 0.4) is 0 Å². The summed E-state index contributed by atoms with van der Waals surface area (Å²) in [5, 5.41) is 4.19. The molecular formula is C21H25N3O. The summed E-state index contributed by atoms with van der Waals surface area (Å²) in [5.41, 5.74) is 2.72. The first kappa shape index (κ1) is 15.3. The number of fused-ring (bicyclic) bond motifs is 1. The lowest BCUT2D eigenvalue weighted by molar-refractivity contribution is -0.140. The Morgan fingerprint density at radius 2 is 1.68 bits per heavy atom. The van der Waals surface area contributed by atoms with Crippen molar-refractivity contribution in [1.82, 2.24) is 9.97 Å². The number of hydrogen-bond donors (Lipinski definition) is 1. The van der Waals surface area contributed by atoms with E-state index >= 15 is 0 Å². The van der Waals surface area contributed by atoms with Crippen molar-refractivity contribution in [3.63, 3.8) is 0 Å². The van der Waals surface area contributed by atoms with Crippen molar-refractivity contribution < 1.29 is 4.79 Å². The molecule has 4 aliphatic carbocycles. The molecule has 130 valence electrons. The van der Waals surface area contributed by atoms with Crippen LogP contribution < -0.4 is 5.32 Å². The smallest absolute Gasteiger partial charge is 0.231 e. The van der Waals surface area contributed by atoms with Gasteiger partial charge in [0.15, 0.2) is 5.65 Å². The first-order valence-corrected chi connectivity index (χ1v) is 9.57. The van der Waals surface area contributed by atoms with Gasteiger partial charge in [0.25, 0.3) is 0 Å². The van der Waals surface area contributed by atoms with E-state index in [9.17, 15) is 4.79 Å². The SMILES string of the molecule is Cc1cc(C)c2ccc(NC(=O)C34CC5CC(CC(C5)C3)C4)nc2n1. The lowest BCUT2D eigenvalue weighted by Crippen LogP contribution is -2.51. The van der Waals surface area contributed by atoms with Crippen molar-refractivity contribution >= 4 is 22.8 Å². The Balaban J connectivity index is 1.43. The van der Waals surface area contributed by atoms with Crippen LogP contribution in [0.2, 0.25) is 0 Å². The van der Waals surface area contributed by atoms with Gasteiger partial charge in [-0.15, -0.1) is 0 Å². The number of rotatable bonds is 2. The molecule has 4 saturated carbocycles. The van der Waals surface area contributed by atoms with Gasteiger partial charge in [-0.1, -0.05) is 0 Å². The monoisotopic (exact) mass is 335 g/mol. The fraction of sp³-hybridized carbons (Fsp3) is 0.571. The third-order valence-corrected chi connectivity index (χ3v) is 6.77. The zero-order valence-electron chi connectivity index (χ0n) is 15.0. The molecular weight excluding hydrogens is 310 g/mol. The van der Waals surface area contributed by atoms with Gasteiger partial charge < -0.3 is 5.32 Å². The number of hydrogen-bond acceptors (Lipinski definition) is 3. The van der Waals surface area contributed by atoms with Crippen LogP contribution in [-0.2, 0) is 4.79 Å². The molecule has 0 aromatic carbocycles. The average Bonchev–Trinajstić information content (AvgIpc) is 2.53. The van der Waals surface area contributed by atoms with Crippen LogP contribution in [0, 0.1) is 37.0 Å². The summed E-state index contributed by atoms with van der Waals surface area (Å²) in [6.45, 7) is 4.06. The number of carbonyl (C=O) groups is 1. The zero-order valence-corrected chi connectivity index (χ0v) is 15.0. The Labute approximate surface area is 148 Å². The molecule has 0 unspecified atom stereocenters. The van der Waals surface area contributed by atoms with E-state index in [4.69, 9.17) is 0 Å². The maximum atomic E-state index is 13.2. The first-order chi connectivity index (χ1) is 12.0. The van der Waals surface area contributed by atoms with Crippen LogP contribution >= 0.6 is 0 Å². The molecule has 2 aromatic rings. The minimum Gasteiger partial charge on any atom is -0.310 e. The fourth-order valence-corrected chi connectivity index (χ4v) is 6.14. The molecule has 0 spiro atoms. The van der Waals surface area contributed by atoms with Crippen molar-refractivity contribution in [2.24, 2.45) is 23.2 Å². The third-order valence-electron chi connectivity index (χ3n) is 6.77. The van der Waals surface area contributed by atoms with E-state index in [1.165, 1.54) is 24.8 Å². The van der Waals surface area contributed by atoms with Crippen LogP contribution in [0.4, 0.5) is 5.82 Å². The Bertz CT molecular complexity index is 838. The topological polar surface area (TPSA) is 54.9 Å². The Morgan fingerprint density at radius 1 is 1.04 bits per heavy atom. The van der Waals surface area contributed by atoms with E-state index in [1.807, 2.05) is 19.1 Å². The summed E-state index contributed by atoms with van der Waals surface area (Å²) < 4.78 is 0. The molecule has 0 radical (unpaired) electrons. The molecule has 2 aromatic heterocycles. The van der Waals surface area contributed by atoms with Gasteiger partial charge in [-0.05, 0) is 93.9 Å². The molecule has 0 atom stereocenters. The number of carbonyl (C=O) groups excluding carboxylic acids is 1. The van der Waals surface area contributed by atoms with Gasteiger partial charge in [0.2, 0.25) is 5.91 Å². The van der Waals surface area contributed by atoms with Gasteiger partial charge >= 0.3 is 0 Å². The summed E-state index contributed by atoms with van der Waals surface area (Å²) in [6, 6.07) is 6.02. The second kappa shape index (κ2) is 5.26. The normalized spacial score (nSPS) is 33.0. The molecule has 4 heteroatoms. The number of nitrogens with one attached hydrogen (secondary N) is 1. The molecule has 4 bridgehead atoms. The zero-order chi connectivity index (χ0) is 17.2. The Hall–Kier alpha value is -1.97. The van der Waals surface area contributed by atoms with Crippen LogP contribution in [0.1, 0.15) is 49.8 Å². The van der Waals surface area contributed by atoms with Crippen LogP contribution in [0.15, 0.2) is 18.2 Å². The highest BCUT2D eigenvalue weighted by Crippen LogP contribution is 2.60. The number of pyridine rings is 2. The number of nitrogens with zero attached hydrogens (tertiary/aromatic N) is 2. The van der Waals surface area contributed by atoms with Crippen molar-refractivity contribution in [1.29, 1.82) is 0 Å². The predicted octanol–water partition coefficient (Wildman–Crippen LogP) is 4.40. The molecule has 1 amide bonds. The van der Waals surface area contributed by atoms with Crippen molar-refractivity contribution in [2.75, 3.05) is 5.32 Å². The van der Waals surface area contributed by atoms with Gasteiger partial charge in [0, 0.05) is 11.1 Å². The summed E-state index contributed by atoms with van der Waals surface area (Å²) in [4.78, 5) is 22.3. The third kappa shape index (κ3) is 2.45. The molecule has 0 saturated heterocycles. The maximum Gasteiger partial charge on any atom is 0.231 e. The highest BCUT2D eigenvalue weighted by Gasteiger charge is 2.54. The van der Waals surface area contributed by atoms with Gasteiger partial charge in [-0.2, -0.15) is 0 Å². The van der Waals surface area contributed by atoms with Crippen molar-refractivity contribution in [3.05, 3.63) is 29.5 Å². The molecule has 1 N–H and O–H groups in total. The lowest BCUT2D eigenvalue weighted by Gasteiger charge is -2.55. The summed E-state index contributed by atoms with van der Waals surface area (Å²) in [6.07, 6.45) is 7.29. The van der Waals surface area contributed by atoms with E-state index in [2.05, 4.69) is 28.3 Å². The Kier molecular flexibility index (Phi) is 3.22. The summed E-state index contributed by atoms with van der Waals surface area (Å²) in [5.74, 6) is 3.16. The second-order valence-electron chi connectivity index (χ2n) is 8.80. The van der Waals surface area contributed by atoms with Gasteiger partial charge in [-0.3, -0.25) is 4.79 Å². The molecule has 6 rings (SSSR count). The predicted molar refractivity (Wildman–Crippen MR) is 98.2 cm³/mol. The molecule has 2 heterocycles. The van der Waals surface area contributed by atoms with Gasteiger partial charge in [0.1, 0.15) is 5.82 Å². The van der Waals surface area contributed by atoms with Crippen molar-refractivity contribution in [2.45, 2.75) is 52.4 Å². The van der Waals surface area contributed by atoms with Crippen LogP contribution in [0.5, 0.6) is 0 Å². The Morgan fingerprint density at radius 3 is 2.32 bits per heavy atom. The standard InChI is InChI=1S/C21H25N3O/c1-12-5-13(2)22-19-17(12)3-4-18(23-19)24-20(25)21-9-14-6-15(10-21)8-16(7-14)11-21/h3-5,14-16H,6-11H2,1-2H3,(H,22,23,24,25). The van der Waals surface area contributed by atoms with Gasteiger partial charge in [0.05, 0.1) is 5.41 Å². The number of aromatic nitrogens is 2. The maximum absolute atomic E-state index is 13.2. The van der Waals surface area contributed by atoms with E-state index in [0.29, 0.717) is 5.82 Å². The molecule has 25 heavy (non-hydrogen) atoms. The number of amides is 1. The molecule has 4 aliphatic rings. The minimum absolute atomic E-state index is 0.138. The van der Waals surface area contributed by atoms with E-state index in [-0.39, 0.29) is 11.3 Å². The van der Waals surface area contributed by atoms with E-state index in [0.717, 1.165) is 53.7 Å². The van der Waals surface area contributed by atoms with E-state index < -0.39 is 0 Å². The second-order valence-corrected chi connectivity index (χ2v) is 8.80. The molecule has 0 aliphatic heterocycles. The van der Waals surface area contributed by atoms with Crippen LogP contribution in [0.25, 0.3) is 11.0 Å². The highest BCUT2D eigenvalue weighted by molar-refractivity contribution is 5.96. The van der Waals surface area contributed by atoms with E-state index in [1.54, 1.807) is 0 Å². The average molecular weight is 335 g/mol. The number of aryl methyl sites for hydroxylation is 2. The quantitative estimate of drug-likeness (QED) is 0.885. The summed E-state index contributed by atoms with van der Waals surface area (Å²) in [7, 11) is 0. The van der Waals surface area contributed by atoms with Crippen molar-refractivity contribution in [3.8, 4) is 0 Å².